The number of amides is 3. The van der Waals surface area contributed by atoms with E-state index in [-0.39, 0.29) is 45.7 Å². The van der Waals surface area contributed by atoms with E-state index in [0.29, 0.717) is 0 Å². The predicted octanol–water partition coefficient (Wildman–Crippen LogP) is 3.08. The third-order valence-corrected chi connectivity index (χ3v) is 4.55. The standard InChI is InChI=1S/C20H19ClF2N6O4/c1-9(25-20(31)28-27-16(30)8-32-3)18-15(23)4-11(7-24-18)13-5-12(21)6-14(22)17(13)19-26-10(2)33-29-19/h4-7,9H,8H2,1-3H3,(H,27,30)(H2,25,28,31)/t9-/m1/s1. The molecule has 0 fully saturated rings. The predicted molar refractivity (Wildman–Crippen MR) is 113 cm³/mol. The van der Waals surface area contributed by atoms with Gasteiger partial charge in [0, 0.05) is 30.8 Å². The summed E-state index contributed by atoms with van der Waals surface area (Å²) < 4.78 is 39.1. The number of pyridine rings is 1. The fourth-order valence-electron chi connectivity index (χ4n) is 2.94. The Morgan fingerprint density at radius 2 is 1.97 bits per heavy atom. The smallest absolute Gasteiger partial charge is 0.334 e. The van der Waals surface area contributed by atoms with Gasteiger partial charge in [0.2, 0.25) is 11.7 Å². The average Bonchev–Trinajstić information content (AvgIpc) is 3.17. The topological polar surface area (TPSA) is 131 Å². The first-order valence-corrected chi connectivity index (χ1v) is 9.87. The van der Waals surface area contributed by atoms with Crippen LogP contribution in [-0.2, 0) is 9.53 Å². The van der Waals surface area contributed by atoms with Crippen molar-refractivity contribution in [3.8, 4) is 22.5 Å². The molecule has 0 unspecified atom stereocenters. The Kier molecular flexibility index (Phi) is 7.51. The molecule has 0 aliphatic carbocycles. The Labute approximate surface area is 191 Å². The van der Waals surface area contributed by atoms with Crippen LogP contribution in [-0.4, -0.2) is 40.8 Å². The van der Waals surface area contributed by atoms with Crippen molar-refractivity contribution in [2.45, 2.75) is 19.9 Å². The molecule has 0 spiro atoms. The Balaban J connectivity index is 1.84. The molecule has 1 aromatic carbocycles. The lowest BCUT2D eigenvalue weighted by molar-refractivity contribution is -0.125. The highest BCUT2D eigenvalue weighted by atomic mass is 35.5. The zero-order valence-corrected chi connectivity index (χ0v) is 18.5. The third-order valence-electron chi connectivity index (χ3n) is 4.34. The van der Waals surface area contributed by atoms with Crippen molar-refractivity contribution in [3.05, 3.63) is 52.6 Å². The number of nitrogens with one attached hydrogen (secondary N) is 3. The van der Waals surface area contributed by atoms with Crippen LogP contribution in [0.5, 0.6) is 0 Å². The number of rotatable bonds is 6. The molecule has 3 aromatic rings. The summed E-state index contributed by atoms with van der Waals surface area (Å²) in [6.07, 6.45) is 1.30. The fraction of sp³-hybridized carbons (Fsp3) is 0.250. The quantitative estimate of drug-likeness (QED) is 0.462. The normalized spacial score (nSPS) is 11.7. The number of aryl methyl sites for hydroxylation is 1. The number of hydrazine groups is 1. The molecule has 0 aliphatic heterocycles. The van der Waals surface area contributed by atoms with E-state index in [4.69, 9.17) is 16.1 Å². The first-order valence-electron chi connectivity index (χ1n) is 9.49. The summed E-state index contributed by atoms with van der Waals surface area (Å²) in [7, 11) is 1.32. The first kappa shape index (κ1) is 24.0. The minimum Gasteiger partial charge on any atom is -0.375 e. The Morgan fingerprint density at radius 1 is 1.21 bits per heavy atom. The Hall–Kier alpha value is -3.64. The maximum Gasteiger partial charge on any atom is 0.334 e. The number of hydrogen-bond donors (Lipinski definition) is 3. The van der Waals surface area contributed by atoms with Crippen molar-refractivity contribution in [1.82, 2.24) is 31.3 Å². The number of benzene rings is 1. The van der Waals surface area contributed by atoms with Crippen molar-refractivity contribution in [3.63, 3.8) is 0 Å². The minimum atomic E-state index is -0.867. The molecule has 13 heteroatoms. The number of ether oxygens (including phenoxy) is 1. The van der Waals surface area contributed by atoms with Crippen molar-refractivity contribution in [1.29, 1.82) is 0 Å². The van der Waals surface area contributed by atoms with Crippen LogP contribution in [0.1, 0.15) is 24.6 Å². The Morgan fingerprint density at radius 3 is 2.61 bits per heavy atom. The second-order valence-corrected chi connectivity index (χ2v) is 7.28. The van der Waals surface area contributed by atoms with Crippen LogP contribution in [0, 0.1) is 18.6 Å². The van der Waals surface area contributed by atoms with Gasteiger partial charge in [-0.05, 0) is 30.7 Å². The highest BCUT2D eigenvalue weighted by Crippen LogP contribution is 2.36. The molecule has 3 amide bonds. The lowest BCUT2D eigenvalue weighted by Crippen LogP contribution is -2.48. The molecule has 0 saturated carbocycles. The number of nitrogens with zero attached hydrogens (tertiary/aromatic N) is 3. The number of halogens is 3. The molecular weight excluding hydrogens is 462 g/mol. The van der Waals surface area contributed by atoms with E-state index in [1.165, 1.54) is 26.3 Å². The molecule has 174 valence electrons. The van der Waals surface area contributed by atoms with E-state index in [1.807, 2.05) is 0 Å². The maximum absolute atomic E-state index is 14.9. The number of aromatic nitrogens is 3. The lowest BCUT2D eigenvalue weighted by atomic mass is 9.99. The number of methoxy groups -OCH3 is 1. The minimum absolute atomic E-state index is 0.0247. The lowest BCUT2D eigenvalue weighted by Gasteiger charge is -2.16. The summed E-state index contributed by atoms with van der Waals surface area (Å²) in [6, 6.07) is 1.98. The van der Waals surface area contributed by atoms with Crippen LogP contribution in [0.25, 0.3) is 22.5 Å². The summed E-state index contributed by atoms with van der Waals surface area (Å²) in [5.41, 5.74) is 4.52. The number of carbonyl (C=O) groups excluding carboxylic acids is 2. The highest BCUT2D eigenvalue weighted by molar-refractivity contribution is 6.31. The van der Waals surface area contributed by atoms with Gasteiger partial charge < -0.3 is 14.6 Å². The summed E-state index contributed by atoms with van der Waals surface area (Å²) in [5.74, 6) is -1.86. The van der Waals surface area contributed by atoms with Gasteiger partial charge in [-0.15, -0.1) is 0 Å². The third kappa shape index (κ3) is 5.79. The summed E-state index contributed by atoms with van der Waals surface area (Å²) in [4.78, 5) is 31.3. The molecule has 0 aliphatic rings. The highest BCUT2D eigenvalue weighted by Gasteiger charge is 2.22. The summed E-state index contributed by atoms with van der Waals surface area (Å²) in [6.45, 7) is 2.80. The van der Waals surface area contributed by atoms with Gasteiger partial charge >= 0.3 is 6.03 Å². The molecule has 3 N–H and O–H groups in total. The van der Waals surface area contributed by atoms with Gasteiger partial charge in [0.15, 0.2) is 0 Å². The van der Waals surface area contributed by atoms with Gasteiger partial charge in [0.1, 0.15) is 18.2 Å². The van der Waals surface area contributed by atoms with Gasteiger partial charge in [-0.1, -0.05) is 16.8 Å². The number of hydrogen-bond acceptors (Lipinski definition) is 7. The largest absolute Gasteiger partial charge is 0.375 e. The maximum atomic E-state index is 14.9. The zero-order chi connectivity index (χ0) is 24.1. The zero-order valence-electron chi connectivity index (χ0n) is 17.7. The van der Waals surface area contributed by atoms with Gasteiger partial charge in [-0.2, -0.15) is 4.98 Å². The van der Waals surface area contributed by atoms with Gasteiger partial charge in [0.25, 0.3) is 5.91 Å². The molecular formula is C20H19ClF2N6O4. The molecule has 2 heterocycles. The van der Waals surface area contributed by atoms with Crippen LogP contribution in [0.4, 0.5) is 13.6 Å². The molecule has 0 saturated heterocycles. The molecule has 33 heavy (non-hydrogen) atoms. The van der Waals surface area contributed by atoms with E-state index < -0.39 is 29.6 Å². The van der Waals surface area contributed by atoms with E-state index in [2.05, 4.69) is 36.0 Å². The van der Waals surface area contributed by atoms with Crippen LogP contribution < -0.4 is 16.2 Å². The van der Waals surface area contributed by atoms with Crippen molar-refractivity contribution in [2.75, 3.05) is 13.7 Å². The molecule has 1 atom stereocenters. The first-order chi connectivity index (χ1) is 15.7. The second kappa shape index (κ2) is 10.3. The van der Waals surface area contributed by atoms with Gasteiger partial charge in [-0.25, -0.2) is 19.0 Å². The van der Waals surface area contributed by atoms with Crippen LogP contribution in [0.2, 0.25) is 5.02 Å². The molecule has 3 rings (SSSR count). The Bertz CT molecular complexity index is 1190. The fourth-order valence-corrected chi connectivity index (χ4v) is 3.14. The van der Waals surface area contributed by atoms with E-state index >= 15 is 0 Å². The number of urea groups is 1. The molecule has 10 nitrogen and oxygen atoms in total. The summed E-state index contributed by atoms with van der Waals surface area (Å²) >= 11 is 6.00. The van der Waals surface area contributed by atoms with Crippen molar-refractivity contribution in [2.24, 2.45) is 0 Å². The molecule has 0 bridgehead atoms. The summed E-state index contributed by atoms with van der Waals surface area (Å²) in [5, 5.41) is 6.24. The van der Waals surface area contributed by atoms with Crippen LogP contribution >= 0.6 is 11.6 Å². The van der Waals surface area contributed by atoms with E-state index in [1.54, 1.807) is 6.92 Å². The monoisotopic (exact) mass is 480 g/mol. The molecule has 0 radical (unpaired) electrons. The second-order valence-electron chi connectivity index (χ2n) is 6.84. The van der Waals surface area contributed by atoms with E-state index in [0.717, 1.165) is 12.1 Å². The molecule has 2 aromatic heterocycles. The van der Waals surface area contributed by atoms with Crippen LogP contribution in [0.15, 0.2) is 28.9 Å². The number of carbonyl (C=O) groups is 2. The van der Waals surface area contributed by atoms with Crippen LogP contribution in [0.3, 0.4) is 0 Å². The van der Waals surface area contributed by atoms with Gasteiger partial charge in [0.05, 0.1) is 17.3 Å². The van der Waals surface area contributed by atoms with Crippen molar-refractivity contribution >= 4 is 23.5 Å². The van der Waals surface area contributed by atoms with Gasteiger partial charge in [-0.3, -0.25) is 15.2 Å². The SMILES string of the molecule is COCC(=O)NNC(=O)N[C@H](C)c1ncc(-c2cc(Cl)cc(F)c2-c2noc(C)n2)cc1F. The average molecular weight is 481 g/mol. The van der Waals surface area contributed by atoms with Crippen molar-refractivity contribution < 1.29 is 27.6 Å². The van der Waals surface area contributed by atoms with E-state index in [9.17, 15) is 18.4 Å².